The first kappa shape index (κ1) is 18.8. The lowest BCUT2D eigenvalue weighted by Gasteiger charge is -2.22. The maximum Gasteiger partial charge on any atom is 0.254 e. The van der Waals surface area contributed by atoms with Gasteiger partial charge in [-0.25, -0.2) is 4.98 Å². The van der Waals surface area contributed by atoms with Gasteiger partial charge in [0.1, 0.15) is 5.75 Å². The number of para-hydroxylation sites is 1. The van der Waals surface area contributed by atoms with E-state index in [1.54, 1.807) is 18.3 Å². The van der Waals surface area contributed by atoms with Gasteiger partial charge in [0.15, 0.2) is 0 Å². The first-order valence-electron chi connectivity index (χ1n) is 10.5. The van der Waals surface area contributed by atoms with Gasteiger partial charge in [0.25, 0.3) is 5.91 Å². The smallest absolute Gasteiger partial charge is 0.254 e. The van der Waals surface area contributed by atoms with Crippen LogP contribution in [0, 0.1) is 11.8 Å². The molecule has 0 spiro atoms. The van der Waals surface area contributed by atoms with Gasteiger partial charge >= 0.3 is 0 Å². The number of benzene rings is 2. The van der Waals surface area contributed by atoms with Gasteiger partial charge in [0.05, 0.1) is 0 Å². The summed E-state index contributed by atoms with van der Waals surface area (Å²) in [5.74, 6) is 2.34. The second kappa shape index (κ2) is 8.28. The van der Waals surface area contributed by atoms with Crippen LogP contribution in [0.1, 0.15) is 15.9 Å². The van der Waals surface area contributed by atoms with E-state index in [1.807, 2.05) is 35.2 Å². The number of carbonyl (C=O) groups is 1. The third kappa shape index (κ3) is 4.07. The van der Waals surface area contributed by atoms with Crippen LogP contribution < -0.4 is 4.74 Å². The van der Waals surface area contributed by atoms with Crippen LogP contribution in [-0.2, 0) is 6.54 Å². The Kier molecular flexibility index (Phi) is 5.20. The largest absolute Gasteiger partial charge is 0.439 e. The Hall–Kier alpha value is -3.18. The number of rotatable bonds is 5. The predicted molar refractivity (Wildman–Crippen MR) is 115 cm³/mol. The number of hydrogen-bond donors (Lipinski definition) is 0. The highest BCUT2D eigenvalue weighted by Gasteiger charge is 2.41. The van der Waals surface area contributed by atoms with Gasteiger partial charge in [-0.05, 0) is 35.6 Å². The molecule has 0 aliphatic carbocycles. The zero-order valence-corrected chi connectivity index (χ0v) is 16.9. The summed E-state index contributed by atoms with van der Waals surface area (Å²) < 4.78 is 5.79. The standard InChI is InChI=1S/C25H25N3O2/c29-25(20-11-12-26-24(13-20)30-23-9-5-2-6-10-23)28-17-21-15-27(16-22(21)18-28)14-19-7-3-1-4-8-19/h1-13,21-22H,14-18H2/t21-,22-/m1/s1. The molecule has 2 aliphatic rings. The molecule has 2 atom stereocenters. The number of hydrogen-bond acceptors (Lipinski definition) is 4. The van der Waals surface area contributed by atoms with Crippen LogP contribution in [0.25, 0.3) is 0 Å². The maximum absolute atomic E-state index is 13.1. The van der Waals surface area contributed by atoms with Crippen molar-refractivity contribution in [2.45, 2.75) is 6.54 Å². The Morgan fingerprint density at radius 2 is 1.57 bits per heavy atom. The van der Waals surface area contributed by atoms with E-state index in [0.29, 0.717) is 29.0 Å². The maximum atomic E-state index is 13.1. The number of amides is 1. The summed E-state index contributed by atoms with van der Waals surface area (Å²) in [6.07, 6.45) is 1.64. The second-order valence-electron chi connectivity index (χ2n) is 8.21. The molecule has 2 aromatic carbocycles. The quantitative estimate of drug-likeness (QED) is 0.649. The lowest BCUT2D eigenvalue weighted by molar-refractivity contribution is 0.0773. The lowest BCUT2D eigenvalue weighted by Crippen LogP contribution is -2.33. The molecular formula is C25H25N3O2. The first-order valence-corrected chi connectivity index (χ1v) is 10.5. The van der Waals surface area contributed by atoms with Crippen molar-refractivity contribution in [3.05, 3.63) is 90.1 Å². The summed E-state index contributed by atoms with van der Waals surface area (Å²) in [4.78, 5) is 21.9. The van der Waals surface area contributed by atoms with Gasteiger partial charge in [0, 0.05) is 50.6 Å². The van der Waals surface area contributed by atoms with Crippen molar-refractivity contribution in [1.82, 2.24) is 14.8 Å². The minimum atomic E-state index is 0.0688. The van der Waals surface area contributed by atoms with Crippen molar-refractivity contribution >= 4 is 5.91 Å². The highest BCUT2D eigenvalue weighted by Crippen LogP contribution is 2.33. The average molecular weight is 399 g/mol. The van der Waals surface area contributed by atoms with E-state index >= 15 is 0 Å². The van der Waals surface area contributed by atoms with Crippen molar-refractivity contribution < 1.29 is 9.53 Å². The third-order valence-corrected chi connectivity index (χ3v) is 6.05. The molecule has 2 aliphatic heterocycles. The summed E-state index contributed by atoms with van der Waals surface area (Å²) in [5.41, 5.74) is 1.99. The summed E-state index contributed by atoms with van der Waals surface area (Å²) in [6, 6.07) is 23.6. The Morgan fingerprint density at radius 3 is 2.27 bits per heavy atom. The van der Waals surface area contributed by atoms with Crippen LogP contribution in [0.4, 0.5) is 0 Å². The van der Waals surface area contributed by atoms with Gasteiger partial charge in [-0.15, -0.1) is 0 Å². The van der Waals surface area contributed by atoms with Gasteiger partial charge in [-0.2, -0.15) is 0 Å². The van der Waals surface area contributed by atoms with E-state index in [1.165, 1.54) is 5.56 Å². The SMILES string of the molecule is O=C(c1ccnc(Oc2ccccc2)c1)N1C[C@H]2CN(Cc3ccccc3)C[C@@H]2C1. The van der Waals surface area contributed by atoms with E-state index < -0.39 is 0 Å². The molecule has 5 heteroatoms. The summed E-state index contributed by atoms with van der Waals surface area (Å²) in [5, 5.41) is 0. The van der Waals surface area contributed by atoms with Gasteiger partial charge in [-0.1, -0.05) is 48.5 Å². The fourth-order valence-electron chi connectivity index (χ4n) is 4.62. The van der Waals surface area contributed by atoms with Crippen molar-refractivity contribution in [2.24, 2.45) is 11.8 Å². The molecule has 2 fully saturated rings. The Bertz CT molecular complexity index is 995. The van der Waals surface area contributed by atoms with Crippen molar-refractivity contribution in [3.63, 3.8) is 0 Å². The van der Waals surface area contributed by atoms with Crippen molar-refractivity contribution in [3.8, 4) is 11.6 Å². The number of likely N-dealkylation sites (tertiary alicyclic amines) is 2. The molecule has 2 saturated heterocycles. The third-order valence-electron chi connectivity index (χ3n) is 6.05. The number of ether oxygens (including phenoxy) is 1. The van der Waals surface area contributed by atoms with E-state index in [9.17, 15) is 4.79 Å². The number of pyridine rings is 1. The summed E-state index contributed by atoms with van der Waals surface area (Å²) >= 11 is 0. The molecule has 0 bridgehead atoms. The predicted octanol–water partition coefficient (Wildman–Crippen LogP) is 4.08. The van der Waals surface area contributed by atoms with Crippen molar-refractivity contribution in [2.75, 3.05) is 26.2 Å². The Labute approximate surface area is 176 Å². The average Bonchev–Trinajstić information content (AvgIpc) is 3.33. The highest BCUT2D eigenvalue weighted by molar-refractivity contribution is 5.94. The number of nitrogens with zero attached hydrogens (tertiary/aromatic N) is 3. The normalized spacial score (nSPS) is 20.9. The van der Waals surface area contributed by atoms with Crippen LogP contribution in [0.5, 0.6) is 11.6 Å². The molecule has 3 heterocycles. The summed E-state index contributed by atoms with van der Waals surface area (Å²) in [7, 11) is 0. The zero-order valence-electron chi connectivity index (χ0n) is 16.9. The highest BCUT2D eigenvalue weighted by atomic mass is 16.5. The molecule has 152 valence electrons. The van der Waals surface area contributed by atoms with E-state index in [0.717, 1.165) is 32.7 Å². The molecular weight excluding hydrogens is 374 g/mol. The second-order valence-corrected chi connectivity index (χ2v) is 8.21. The minimum Gasteiger partial charge on any atom is -0.439 e. The van der Waals surface area contributed by atoms with Crippen LogP contribution in [0.3, 0.4) is 0 Å². The van der Waals surface area contributed by atoms with Crippen LogP contribution in [0.2, 0.25) is 0 Å². The first-order chi connectivity index (χ1) is 14.7. The molecule has 5 nitrogen and oxygen atoms in total. The van der Waals surface area contributed by atoms with E-state index in [-0.39, 0.29) is 5.91 Å². The molecule has 0 unspecified atom stereocenters. The topological polar surface area (TPSA) is 45.7 Å². The molecule has 1 amide bonds. The van der Waals surface area contributed by atoms with Crippen LogP contribution in [0.15, 0.2) is 79.0 Å². The van der Waals surface area contributed by atoms with Crippen molar-refractivity contribution in [1.29, 1.82) is 0 Å². The van der Waals surface area contributed by atoms with Gasteiger partial charge in [-0.3, -0.25) is 9.69 Å². The minimum absolute atomic E-state index is 0.0688. The monoisotopic (exact) mass is 399 g/mol. The van der Waals surface area contributed by atoms with Crippen LogP contribution in [-0.4, -0.2) is 46.9 Å². The molecule has 1 aromatic heterocycles. The Balaban J connectivity index is 1.20. The Morgan fingerprint density at radius 1 is 0.900 bits per heavy atom. The van der Waals surface area contributed by atoms with E-state index in [2.05, 4.69) is 40.2 Å². The molecule has 0 radical (unpaired) electrons. The molecule has 3 aromatic rings. The fraction of sp³-hybridized carbons (Fsp3) is 0.280. The number of carbonyl (C=O) groups excluding carboxylic acids is 1. The number of fused-ring (bicyclic) bond motifs is 1. The number of aromatic nitrogens is 1. The van der Waals surface area contributed by atoms with E-state index in [4.69, 9.17) is 4.74 Å². The van der Waals surface area contributed by atoms with Gasteiger partial charge in [0.2, 0.25) is 5.88 Å². The molecule has 0 saturated carbocycles. The molecule has 5 rings (SSSR count). The fourth-order valence-corrected chi connectivity index (χ4v) is 4.62. The zero-order chi connectivity index (χ0) is 20.3. The molecule has 0 N–H and O–H groups in total. The van der Waals surface area contributed by atoms with Crippen LogP contribution >= 0.6 is 0 Å². The van der Waals surface area contributed by atoms with Gasteiger partial charge < -0.3 is 9.64 Å². The molecule has 30 heavy (non-hydrogen) atoms. The lowest BCUT2D eigenvalue weighted by atomic mass is 10.0. The summed E-state index contributed by atoms with van der Waals surface area (Å²) in [6.45, 7) is 4.76.